The fourth-order valence-electron chi connectivity index (χ4n) is 3.63. The van der Waals surface area contributed by atoms with E-state index < -0.39 is 5.97 Å². The van der Waals surface area contributed by atoms with E-state index in [1.165, 1.54) is 6.92 Å². The Morgan fingerprint density at radius 3 is 2.65 bits per heavy atom. The predicted octanol–water partition coefficient (Wildman–Crippen LogP) is 2.85. The fourth-order valence-corrected chi connectivity index (χ4v) is 4.92. The lowest BCUT2D eigenvalue weighted by Crippen LogP contribution is -2.56. The molecule has 31 heavy (non-hydrogen) atoms. The molecular formula is C20H25ClN4O5S. The average molecular weight is 469 g/mol. The molecule has 1 aromatic heterocycles. The first-order valence-electron chi connectivity index (χ1n) is 10.1. The number of nitrogens with one attached hydrogen (secondary N) is 1. The average Bonchev–Trinajstić information content (AvgIpc) is 3.33. The van der Waals surface area contributed by atoms with Crippen molar-refractivity contribution in [2.75, 3.05) is 24.6 Å². The van der Waals surface area contributed by atoms with E-state index in [9.17, 15) is 19.5 Å². The van der Waals surface area contributed by atoms with Crippen LogP contribution in [-0.2, 0) is 9.53 Å². The number of Topliss-reactive ketones (excluding diaryl/α,β-unsaturated/α-hetero) is 1. The van der Waals surface area contributed by atoms with E-state index in [-0.39, 0.29) is 34.4 Å². The Hall–Kier alpha value is -2.30. The van der Waals surface area contributed by atoms with Crippen LogP contribution in [0.15, 0.2) is 15.7 Å². The number of anilines is 1. The minimum atomic E-state index is -1.17. The third-order valence-electron chi connectivity index (χ3n) is 5.27. The topological polar surface area (TPSA) is 121 Å². The van der Waals surface area contributed by atoms with E-state index in [0.717, 1.165) is 23.3 Å². The molecule has 1 amide bonds. The number of hydrogen-bond acceptors (Lipinski definition) is 8. The number of halogens is 1. The molecule has 2 atom stereocenters. The Balaban J connectivity index is 1.71. The number of aromatic nitrogens is 1. The lowest BCUT2D eigenvalue weighted by atomic mass is 10.0. The minimum Gasteiger partial charge on any atom is -0.477 e. The Morgan fingerprint density at radius 2 is 2.10 bits per heavy atom. The molecule has 3 heterocycles. The van der Waals surface area contributed by atoms with Crippen LogP contribution in [-0.4, -0.2) is 65.3 Å². The Kier molecular flexibility index (Phi) is 7.45. The molecule has 0 radical (unpaired) electrons. The van der Waals surface area contributed by atoms with Crippen molar-refractivity contribution in [1.82, 2.24) is 10.3 Å². The number of carbonyl (C=O) groups excluding carboxylic acids is 2. The Bertz CT molecular complexity index is 926. The summed E-state index contributed by atoms with van der Waals surface area (Å²) in [5.41, 5.74) is 1.31. The highest BCUT2D eigenvalue weighted by molar-refractivity contribution is 7.17. The van der Waals surface area contributed by atoms with Crippen LogP contribution in [0.5, 0.6) is 0 Å². The molecule has 11 heteroatoms. The molecule has 0 unspecified atom stereocenters. The third kappa shape index (κ3) is 5.13. The van der Waals surface area contributed by atoms with Crippen molar-refractivity contribution in [3.63, 3.8) is 0 Å². The van der Waals surface area contributed by atoms with Gasteiger partial charge < -0.3 is 20.1 Å². The first-order valence-corrected chi connectivity index (χ1v) is 11.3. The van der Waals surface area contributed by atoms with Crippen molar-refractivity contribution in [2.24, 2.45) is 4.99 Å². The number of ketones is 1. The number of nitrogens with zero attached hydrogens (tertiary/aromatic N) is 3. The third-order valence-corrected chi connectivity index (χ3v) is 6.72. The molecule has 0 saturated carbocycles. The van der Waals surface area contributed by atoms with Gasteiger partial charge in [0.2, 0.25) is 0 Å². The summed E-state index contributed by atoms with van der Waals surface area (Å²) in [5.74, 6) is -1.82. The maximum absolute atomic E-state index is 12.7. The second-order valence-corrected chi connectivity index (χ2v) is 8.66. The maximum Gasteiger partial charge on any atom is 0.348 e. The summed E-state index contributed by atoms with van der Waals surface area (Å²) >= 11 is 7.07. The van der Waals surface area contributed by atoms with E-state index in [2.05, 4.69) is 15.3 Å². The van der Waals surface area contributed by atoms with Gasteiger partial charge in [0.05, 0.1) is 12.1 Å². The Morgan fingerprint density at radius 1 is 1.35 bits per heavy atom. The number of rotatable bonds is 8. The zero-order chi connectivity index (χ0) is 22.7. The Labute approximate surface area is 189 Å². The molecule has 0 spiro atoms. The van der Waals surface area contributed by atoms with Crippen LogP contribution in [0.2, 0.25) is 0 Å². The molecule has 168 valence electrons. The van der Waals surface area contributed by atoms with Crippen LogP contribution in [0, 0.1) is 0 Å². The number of aromatic carboxylic acids is 1. The molecule has 1 aromatic rings. The number of hydrogen-bond donors (Lipinski definition) is 2. The molecule has 2 N–H and O–H groups in total. The van der Waals surface area contributed by atoms with E-state index in [4.69, 9.17) is 16.3 Å². The second-order valence-electron chi connectivity index (χ2n) is 7.33. The molecule has 0 bridgehead atoms. The number of allylic oxidation sites excluding steroid dienone is 1. The summed E-state index contributed by atoms with van der Waals surface area (Å²) in [6, 6.07) is -0.234. The second kappa shape index (κ2) is 9.88. The molecular weight excluding hydrogens is 444 g/mol. The summed E-state index contributed by atoms with van der Waals surface area (Å²) < 4.78 is 5.87. The van der Waals surface area contributed by atoms with E-state index in [0.29, 0.717) is 48.5 Å². The summed E-state index contributed by atoms with van der Waals surface area (Å²) in [5, 5.41) is 13.2. The molecule has 1 saturated heterocycles. The number of piperidine rings is 1. The molecule has 1 fully saturated rings. The standard InChI is InChI=1S/C20H25ClN4O5S/c1-4-11-8-13(22-17(11)21)18(27)23-12-6-7-25(9-14(12)30-5-2)20-24-15(10(3)26)16(31-20)19(28)29/h12,14H,4-9H2,1-3H3,(H,23,27)(H,28,29)/t12-,14+/m1/s1. The number of carboxylic acids is 1. The smallest absolute Gasteiger partial charge is 0.348 e. The monoisotopic (exact) mass is 468 g/mol. The number of carboxylic acid groups (broad SMARTS) is 1. The van der Waals surface area contributed by atoms with Crippen molar-refractivity contribution in [3.05, 3.63) is 21.3 Å². The summed E-state index contributed by atoms with van der Waals surface area (Å²) in [6.07, 6.45) is 1.44. The van der Waals surface area contributed by atoms with Crippen LogP contribution >= 0.6 is 22.9 Å². The van der Waals surface area contributed by atoms with Gasteiger partial charge in [0, 0.05) is 33.0 Å². The minimum absolute atomic E-state index is 0.0359. The van der Waals surface area contributed by atoms with Gasteiger partial charge in [-0.3, -0.25) is 9.59 Å². The van der Waals surface area contributed by atoms with E-state index in [1.54, 1.807) is 0 Å². The molecule has 3 rings (SSSR count). The van der Waals surface area contributed by atoms with Crippen LogP contribution in [0.1, 0.15) is 60.2 Å². The van der Waals surface area contributed by atoms with Crippen molar-refractivity contribution in [2.45, 2.75) is 52.2 Å². The fraction of sp³-hybridized carbons (Fsp3) is 0.550. The van der Waals surface area contributed by atoms with Crippen LogP contribution in [0.4, 0.5) is 5.13 Å². The highest BCUT2D eigenvalue weighted by atomic mass is 35.5. The van der Waals surface area contributed by atoms with Gasteiger partial charge in [0.1, 0.15) is 21.4 Å². The highest BCUT2D eigenvalue weighted by Gasteiger charge is 2.34. The zero-order valence-corrected chi connectivity index (χ0v) is 19.2. The van der Waals surface area contributed by atoms with Gasteiger partial charge >= 0.3 is 5.97 Å². The molecule has 2 aliphatic heterocycles. The number of ether oxygens (including phenoxy) is 1. The number of carbonyl (C=O) groups is 3. The van der Waals surface area contributed by atoms with Crippen LogP contribution in [0.25, 0.3) is 0 Å². The van der Waals surface area contributed by atoms with E-state index in [1.807, 2.05) is 18.7 Å². The zero-order valence-electron chi connectivity index (χ0n) is 17.6. The molecule has 2 aliphatic rings. The lowest BCUT2D eigenvalue weighted by Gasteiger charge is -2.38. The number of amides is 1. The lowest BCUT2D eigenvalue weighted by molar-refractivity contribution is -0.117. The number of aliphatic imine (C=N–C) groups is 1. The SMILES string of the molecule is CCO[C@H]1CN(c2nc(C(C)=O)c(C(=O)O)s2)CC[C@H]1NC(=O)C1=NC(Cl)=C(CC)C1. The van der Waals surface area contributed by atoms with Gasteiger partial charge in [-0.05, 0) is 25.3 Å². The van der Waals surface area contributed by atoms with Gasteiger partial charge in [0.25, 0.3) is 5.91 Å². The van der Waals surface area contributed by atoms with Gasteiger partial charge in [-0.15, -0.1) is 0 Å². The van der Waals surface area contributed by atoms with Crippen molar-refractivity contribution >= 4 is 51.4 Å². The van der Waals surface area contributed by atoms with Crippen LogP contribution in [0.3, 0.4) is 0 Å². The van der Waals surface area contributed by atoms with Gasteiger partial charge in [-0.25, -0.2) is 14.8 Å². The largest absolute Gasteiger partial charge is 0.477 e. The highest BCUT2D eigenvalue weighted by Crippen LogP contribution is 2.30. The summed E-state index contributed by atoms with van der Waals surface area (Å²) in [7, 11) is 0. The van der Waals surface area contributed by atoms with Gasteiger partial charge in [-0.1, -0.05) is 29.9 Å². The van der Waals surface area contributed by atoms with Crippen molar-refractivity contribution in [3.8, 4) is 0 Å². The molecule has 0 aliphatic carbocycles. The van der Waals surface area contributed by atoms with E-state index >= 15 is 0 Å². The first kappa shape index (κ1) is 23.4. The van der Waals surface area contributed by atoms with Gasteiger partial charge in [-0.2, -0.15) is 0 Å². The summed E-state index contributed by atoms with van der Waals surface area (Å²) in [6.45, 7) is 6.54. The first-order chi connectivity index (χ1) is 14.7. The maximum atomic E-state index is 12.7. The molecule has 9 nitrogen and oxygen atoms in total. The molecule has 0 aromatic carbocycles. The van der Waals surface area contributed by atoms with Crippen LogP contribution < -0.4 is 10.2 Å². The predicted molar refractivity (Wildman–Crippen MR) is 118 cm³/mol. The number of thiazole rings is 1. The summed E-state index contributed by atoms with van der Waals surface area (Å²) in [4.78, 5) is 46.2. The van der Waals surface area contributed by atoms with Crippen molar-refractivity contribution < 1.29 is 24.2 Å². The van der Waals surface area contributed by atoms with Crippen molar-refractivity contribution in [1.29, 1.82) is 0 Å². The van der Waals surface area contributed by atoms with Gasteiger partial charge in [0.15, 0.2) is 10.9 Å². The quantitative estimate of drug-likeness (QED) is 0.444. The normalized spacial score (nSPS) is 21.3.